The summed E-state index contributed by atoms with van der Waals surface area (Å²) in [5.74, 6) is 0.867. The first-order valence-electron chi connectivity index (χ1n) is 7.47. The van der Waals surface area contributed by atoms with E-state index in [1.165, 1.54) is 0 Å². The highest BCUT2D eigenvalue weighted by atomic mass is 35.5. The smallest absolute Gasteiger partial charge is 0.137 e. The third-order valence-electron chi connectivity index (χ3n) is 3.69. The Labute approximate surface area is 135 Å². The van der Waals surface area contributed by atoms with E-state index in [0.29, 0.717) is 6.61 Å². The molecule has 0 aliphatic heterocycles. The van der Waals surface area contributed by atoms with E-state index in [0.717, 1.165) is 34.0 Å². The molecule has 1 atom stereocenters. The van der Waals surface area contributed by atoms with Crippen molar-refractivity contribution in [1.29, 1.82) is 0 Å². The average molecular weight is 315 g/mol. The first-order valence-corrected chi connectivity index (χ1v) is 7.90. The Bertz CT molecular complexity index is 791. The standard InChI is InChI=1S/C18H19ClN2O/c1-4-22-15-10-8-14(9-11-15)17-18(13(3)19)21-12(2)6-5-7-16(21)20-17/h5-11,13H,4H2,1-3H3. The van der Waals surface area contributed by atoms with Gasteiger partial charge in [-0.15, -0.1) is 11.6 Å². The maximum absolute atomic E-state index is 6.45. The van der Waals surface area contributed by atoms with Gasteiger partial charge >= 0.3 is 0 Å². The van der Waals surface area contributed by atoms with Gasteiger partial charge in [0.2, 0.25) is 0 Å². The molecule has 0 saturated heterocycles. The van der Waals surface area contributed by atoms with Crippen LogP contribution < -0.4 is 4.74 Å². The van der Waals surface area contributed by atoms with Crippen LogP contribution in [-0.2, 0) is 0 Å². The number of imidazole rings is 1. The quantitative estimate of drug-likeness (QED) is 0.633. The number of alkyl halides is 1. The summed E-state index contributed by atoms with van der Waals surface area (Å²) < 4.78 is 7.63. The third-order valence-corrected chi connectivity index (χ3v) is 3.90. The minimum absolute atomic E-state index is 0.127. The van der Waals surface area contributed by atoms with Crippen LogP contribution in [0.3, 0.4) is 0 Å². The Kier molecular flexibility index (Phi) is 4.08. The van der Waals surface area contributed by atoms with Gasteiger partial charge in [0.1, 0.15) is 11.4 Å². The largest absolute Gasteiger partial charge is 0.494 e. The fourth-order valence-electron chi connectivity index (χ4n) is 2.74. The van der Waals surface area contributed by atoms with Crippen LogP contribution in [0.2, 0.25) is 0 Å². The van der Waals surface area contributed by atoms with Gasteiger partial charge in [0.25, 0.3) is 0 Å². The van der Waals surface area contributed by atoms with Gasteiger partial charge in [0.15, 0.2) is 0 Å². The Morgan fingerprint density at radius 3 is 2.55 bits per heavy atom. The lowest BCUT2D eigenvalue weighted by molar-refractivity contribution is 0.340. The SMILES string of the molecule is CCOc1ccc(-c2nc3cccc(C)n3c2C(C)Cl)cc1. The fourth-order valence-corrected chi connectivity index (χ4v) is 2.94. The zero-order valence-electron chi connectivity index (χ0n) is 13.0. The van der Waals surface area contributed by atoms with Crippen molar-refractivity contribution in [1.82, 2.24) is 9.38 Å². The second-order valence-electron chi connectivity index (χ2n) is 5.28. The molecule has 1 unspecified atom stereocenters. The van der Waals surface area contributed by atoms with E-state index in [2.05, 4.69) is 17.4 Å². The Morgan fingerprint density at radius 2 is 1.91 bits per heavy atom. The normalized spacial score (nSPS) is 12.5. The van der Waals surface area contributed by atoms with Crippen LogP contribution in [0, 0.1) is 6.92 Å². The lowest BCUT2D eigenvalue weighted by Gasteiger charge is -2.10. The molecule has 22 heavy (non-hydrogen) atoms. The number of hydrogen-bond acceptors (Lipinski definition) is 2. The molecule has 0 amide bonds. The average Bonchev–Trinajstić information content (AvgIpc) is 2.89. The number of ether oxygens (including phenoxy) is 1. The molecule has 0 saturated carbocycles. The minimum Gasteiger partial charge on any atom is -0.494 e. The molecule has 0 N–H and O–H groups in total. The fraction of sp³-hybridized carbons (Fsp3) is 0.278. The Morgan fingerprint density at radius 1 is 1.18 bits per heavy atom. The van der Waals surface area contributed by atoms with Crippen LogP contribution in [0.1, 0.15) is 30.6 Å². The van der Waals surface area contributed by atoms with Crippen LogP contribution in [0.15, 0.2) is 42.5 Å². The van der Waals surface area contributed by atoms with Crippen LogP contribution in [0.4, 0.5) is 0 Å². The topological polar surface area (TPSA) is 26.5 Å². The van der Waals surface area contributed by atoms with E-state index < -0.39 is 0 Å². The molecule has 3 aromatic rings. The highest BCUT2D eigenvalue weighted by Gasteiger charge is 2.18. The lowest BCUT2D eigenvalue weighted by Crippen LogP contribution is -1.98. The van der Waals surface area contributed by atoms with Crippen LogP contribution in [0.25, 0.3) is 16.9 Å². The number of halogens is 1. The van der Waals surface area contributed by atoms with Crippen LogP contribution in [-0.4, -0.2) is 16.0 Å². The molecule has 2 heterocycles. The molecule has 0 aliphatic carbocycles. The number of aryl methyl sites for hydroxylation is 1. The second kappa shape index (κ2) is 6.01. The molecule has 0 fully saturated rings. The molecule has 4 heteroatoms. The van der Waals surface area contributed by atoms with Gasteiger partial charge in [-0.25, -0.2) is 4.98 Å². The van der Waals surface area contributed by atoms with Crippen LogP contribution >= 0.6 is 11.6 Å². The highest BCUT2D eigenvalue weighted by Crippen LogP contribution is 2.33. The number of hydrogen-bond donors (Lipinski definition) is 0. The highest BCUT2D eigenvalue weighted by molar-refractivity contribution is 6.20. The number of fused-ring (bicyclic) bond motifs is 1. The summed E-state index contributed by atoms with van der Waals surface area (Å²) in [7, 11) is 0. The van der Waals surface area contributed by atoms with Crippen molar-refractivity contribution < 1.29 is 4.74 Å². The summed E-state index contributed by atoms with van der Waals surface area (Å²) in [6.07, 6.45) is 0. The summed E-state index contributed by atoms with van der Waals surface area (Å²) in [6, 6.07) is 14.1. The minimum atomic E-state index is -0.127. The number of nitrogens with zero attached hydrogens (tertiary/aromatic N) is 2. The van der Waals surface area contributed by atoms with Crippen LogP contribution in [0.5, 0.6) is 5.75 Å². The molecule has 0 radical (unpaired) electrons. The number of aromatic nitrogens is 2. The van der Waals surface area contributed by atoms with Crippen molar-refractivity contribution in [2.45, 2.75) is 26.1 Å². The predicted molar refractivity (Wildman–Crippen MR) is 90.8 cm³/mol. The molecular weight excluding hydrogens is 296 g/mol. The molecule has 114 valence electrons. The van der Waals surface area contributed by atoms with E-state index >= 15 is 0 Å². The zero-order valence-corrected chi connectivity index (χ0v) is 13.8. The molecule has 2 aromatic heterocycles. The van der Waals surface area contributed by atoms with Gasteiger partial charge in [0.05, 0.1) is 23.4 Å². The molecule has 0 spiro atoms. The van der Waals surface area contributed by atoms with Gasteiger partial charge in [-0.1, -0.05) is 6.07 Å². The number of pyridine rings is 1. The summed E-state index contributed by atoms with van der Waals surface area (Å²) >= 11 is 6.45. The molecule has 3 rings (SSSR count). The molecule has 0 aliphatic rings. The Balaban J connectivity index is 2.17. The van der Waals surface area contributed by atoms with Gasteiger partial charge < -0.3 is 4.74 Å². The van der Waals surface area contributed by atoms with E-state index in [4.69, 9.17) is 21.3 Å². The molecular formula is C18H19ClN2O. The van der Waals surface area contributed by atoms with E-state index in [-0.39, 0.29) is 5.38 Å². The van der Waals surface area contributed by atoms with Crippen molar-refractivity contribution in [3.05, 3.63) is 53.9 Å². The monoisotopic (exact) mass is 314 g/mol. The first-order chi connectivity index (χ1) is 10.6. The summed E-state index contributed by atoms with van der Waals surface area (Å²) in [5.41, 5.74) is 5.06. The van der Waals surface area contributed by atoms with Crippen molar-refractivity contribution >= 4 is 17.2 Å². The molecule has 3 nitrogen and oxygen atoms in total. The Hall–Kier alpha value is -2.00. The van der Waals surface area contributed by atoms with Crippen molar-refractivity contribution in [2.24, 2.45) is 0 Å². The zero-order chi connectivity index (χ0) is 15.7. The third kappa shape index (κ3) is 2.57. The van der Waals surface area contributed by atoms with E-state index in [1.54, 1.807) is 0 Å². The first kappa shape index (κ1) is 14.9. The van der Waals surface area contributed by atoms with E-state index in [9.17, 15) is 0 Å². The van der Waals surface area contributed by atoms with Gasteiger partial charge in [0, 0.05) is 11.3 Å². The summed E-state index contributed by atoms with van der Waals surface area (Å²) in [4.78, 5) is 4.78. The molecule has 1 aromatic carbocycles. The maximum Gasteiger partial charge on any atom is 0.137 e. The lowest BCUT2D eigenvalue weighted by atomic mass is 10.1. The molecule has 0 bridgehead atoms. The van der Waals surface area contributed by atoms with Gasteiger partial charge in [-0.2, -0.15) is 0 Å². The van der Waals surface area contributed by atoms with E-state index in [1.807, 2.05) is 50.2 Å². The van der Waals surface area contributed by atoms with Gasteiger partial charge in [-0.05, 0) is 57.2 Å². The second-order valence-corrected chi connectivity index (χ2v) is 5.93. The summed E-state index contributed by atoms with van der Waals surface area (Å²) in [5, 5.41) is -0.127. The van der Waals surface area contributed by atoms with Crippen molar-refractivity contribution in [3.8, 4) is 17.0 Å². The predicted octanol–water partition coefficient (Wildman–Crippen LogP) is 5.01. The number of rotatable bonds is 4. The van der Waals surface area contributed by atoms with Crippen molar-refractivity contribution in [3.63, 3.8) is 0 Å². The van der Waals surface area contributed by atoms with Gasteiger partial charge in [-0.3, -0.25) is 4.40 Å². The number of benzene rings is 1. The summed E-state index contributed by atoms with van der Waals surface area (Å²) in [6.45, 7) is 6.69. The van der Waals surface area contributed by atoms with Crippen molar-refractivity contribution in [2.75, 3.05) is 6.61 Å². The maximum atomic E-state index is 6.45.